The van der Waals surface area contributed by atoms with E-state index in [9.17, 15) is 0 Å². The molecule has 4 fully saturated rings. The van der Waals surface area contributed by atoms with Crippen molar-refractivity contribution in [2.75, 3.05) is 0 Å². The third-order valence-electron chi connectivity index (χ3n) is 9.94. The molecule has 0 spiro atoms. The first-order valence-electron chi connectivity index (χ1n) is 14.3. The lowest BCUT2D eigenvalue weighted by Crippen LogP contribution is -2.52. The van der Waals surface area contributed by atoms with Crippen LogP contribution in [0.25, 0.3) is 0 Å². The number of unbranched alkanes of at least 4 members (excludes halogenated alkanes) is 2. The molecule has 0 saturated heterocycles. The van der Waals surface area contributed by atoms with Crippen LogP contribution in [0.1, 0.15) is 145 Å². The lowest BCUT2D eigenvalue weighted by atomic mass is 9.45. The van der Waals surface area contributed by atoms with E-state index < -0.39 is 0 Å². The predicted octanol–water partition coefficient (Wildman–Crippen LogP) is 10.3. The van der Waals surface area contributed by atoms with Crippen LogP contribution in [0.3, 0.4) is 0 Å². The molecule has 4 aliphatic carbocycles. The Bertz CT molecular complexity index is 476. The largest absolute Gasteiger partial charge is 0.0683 e. The number of fused-ring (bicyclic) bond motifs is 5. The fourth-order valence-electron chi connectivity index (χ4n) is 8.52. The molecule has 4 aliphatic rings. The second-order valence-electron chi connectivity index (χ2n) is 12.4. The lowest BCUT2D eigenvalue weighted by Gasteiger charge is -2.60. The summed E-state index contributed by atoms with van der Waals surface area (Å²) in [7, 11) is 0. The van der Waals surface area contributed by atoms with E-state index in [0.717, 1.165) is 40.9 Å². The van der Waals surface area contributed by atoms with Crippen molar-refractivity contribution in [1.82, 2.24) is 0 Å². The topological polar surface area (TPSA) is 0 Å². The summed E-state index contributed by atoms with van der Waals surface area (Å²) in [4.78, 5) is 0. The van der Waals surface area contributed by atoms with Crippen LogP contribution in [0.4, 0.5) is 0 Å². The third kappa shape index (κ3) is 5.49. The molecule has 0 heteroatoms. The van der Waals surface area contributed by atoms with Crippen LogP contribution in [-0.2, 0) is 0 Å². The predicted molar refractivity (Wildman–Crippen MR) is 136 cm³/mol. The minimum Gasteiger partial charge on any atom is -0.0683 e. The molecule has 0 nitrogen and oxygen atoms in total. The molecule has 0 aliphatic heterocycles. The summed E-state index contributed by atoms with van der Waals surface area (Å²) in [5, 5.41) is 0. The fraction of sp³-hybridized carbons (Fsp3) is 1.00. The van der Waals surface area contributed by atoms with E-state index in [1.54, 1.807) is 51.4 Å². The Morgan fingerprint density at radius 3 is 2.07 bits per heavy atom. The summed E-state index contributed by atoms with van der Waals surface area (Å²) in [5.41, 5.74) is 1.44. The zero-order valence-electron chi connectivity index (χ0n) is 22.4. The molecule has 30 heavy (non-hydrogen) atoms. The molecule has 0 amide bonds. The van der Waals surface area contributed by atoms with Gasteiger partial charge in [-0.1, -0.05) is 87.5 Å². The normalized spacial score (nSPS) is 42.1. The molecule has 0 bridgehead atoms. The van der Waals surface area contributed by atoms with Gasteiger partial charge in [0, 0.05) is 0 Å². The maximum Gasteiger partial charge on any atom is -0.0266 e. The highest BCUT2D eigenvalue weighted by Crippen LogP contribution is 2.67. The molecular formula is C30H58. The van der Waals surface area contributed by atoms with Crippen LogP contribution in [0.5, 0.6) is 0 Å². The number of hydrogen-bond donors (Lipinski definition) is 0. The first-order chi connectivity index (χ1) is 14.3. The van der Waals surface area contributed by atoms with Gasteiger partial charge < -0.3 is 0 Å². The van der Waals surface area contributed by atoms with Crippen LogP contribution in [0, 0.1) is 46.3 Å². The van der Waals surface area contributed by atoms with E-state index in [4.69, 9.17) is 0 Å². The van der Waals surface area contributed by atoms with Crippen molar-refractivity contribution in [2.24, 2.45) is 46.3 Å². The second kappa shape index (κ2) is 11.7. The first-order valence-corrected chi connectivity index (χ1v) is 14.3. The molecule has 4 rings (SSSR count). The van der Waals surface area contributed by atoms with Crippen molar-refractivity contribution in [3.05, 3.63) is 0 Å². The molecule has 7 unspecified atom stereocenters. The second-order valence-corrected chi connectivity index (χ2v) is 12.4. The van der Waals surface area contributed by atoms with E-state index >= 15 is 0 Å². The van der Waals surface area contributed by atoms with Crippen molar-refractivity contribution in [1.29, 1.82) is 0 Å². The summed E-state index contributed by atoms with van der Waals surface area (Å²) >= 11 is 0. The Morgan fingerprint density at radius 2 is 1.40 bits per heavy atom. The average molecular weight is 419 g/mol. The van der Waals surface area contributed by atoms with Gasteiger partial charge in [-0.15, -0.1) is 0 Å². The molecule has 0 aromatic rings. The van der Waals surface area contributed by atoms with Crippen LogP contribution in [0.15, 0.2) is 0 Å². The Hall–Kier alpha value is 0. The smallest absolute Gasteiger partial charge is 0.0266 e. The average Bonchev–Trinajstić information content (AvgIpc) is 3.05. The van der Waals surface area contributed by atoms with Gasteiger partial charge in [0.2, 0.25) is 0 Å². The quantitative estimate of drug-likeness (QED) is 0.398. The highest BCUT2D eigenvalue weighted by molar-refractivity contribution is 5.08. The molecule has 4 saturated carbocycles. The standard InChI is InChI=1S/C24H42.C4H10.C2H6/c1-4-5-6-9-19-12-14-21-20-13-11-18-10-7-8-16-23(18,2)22(20)15-17-24(19,21)3;1-4(2)3;1-2/h18-22H,4-17H2,1-3H3;4H,1-3H3;1-2H3. The summed E-state index contributed by atoms with van der Waals surface area (Å²) in [6.45, 7) is 18.3. The summed E-state index contributed by atoms with van der Waals surface area (Å²) in [5.74, 6) is 6.25. The summed E-state index contributed by atoms with van der Waals surface area (Å²) in [6.07, 6.45) is 21.5. The van der Waals surface area contributed by atoms with Gasteiger partial charge in [0.15, 0.2) is 0 Å². The van der Waals surface area contributed by atoms with Gasteiger partial charge in [-0.2, -0.15) is 0 Å². The van der Waals surface area contributed by atoms with Crippen LogP contribution < -0.4 is 0 Å². The molecule has 7 atom stereocenters. The number of rotatable bonds is 4. The fourth-order valence-corrected chi connectivity index (χ4v) is 8.52. The van der Waals surface area contributed by atoms with E-state index in [-0.39, 0.29) is 0 Å². The third-order valence-corrected chi connectivity index (χ3v) is 9.94. The Morgan fingerprint density at radius 1 is 0.733 bits per heavy atom. The van der Waals surface area contributed by atoms with Gasteiger partial charge in [0.1, 0.15) is 0 Å². The van der Waals surface area contributed by atoms with Gasteiger partial charge in [-0.25, -0.2) is 0 Å². The molecule has 0 heterocycles. The zero-order chi connectivity index (χ0) is 22.4. The van der Waals surface area contributed by atoms with E-state index in [2.05, 4.69) is 41.5 Å². The number of hydrogen-bond acceptors (Lipinski definition) is 0. The van der Waals surface area contributed by atoms with Crippen molar-refractivity contribution < 1.29 is 0 Å². The van der Waals surface area contributed by atoms with E-state index in [0.29, 0.717) is 5.41 Å². The zero-order valence-corrected chi connectivity index (χ0v) is 22.4. The van der Waals surface area contributed by atoms with Gasteiger partial charge in [-0.05, 0) is 104 Å². The minimum absolute atomic E-state index is 0.715. The summed E-state index contributed by atoms with van der Waals surface area (Å²) in [6, 6.07) is 0. The highest BCUT2D eigenvalue weighted by Gasteiger charge is 2.59. The SMILES string of the molecule is CC.CC(C)C.CCCCCC1CCC2C3CCC4CCCCC4(C)C3CCC12C. The van der Waals surface area contributed by atoms with E-state index in [1.807, 2.05) is 13.8 Å². The maximum atomic E-state index is 2.73. The Balaban J connectivity index is 0.000000481. The van der Waals surface area contributed by atoms with Crippen molar-refractivity contribution >= 4 is 0 Å². The molecule has 0 radical (unpaired) electrons. The van der Waals surface area contributed by atoms with Gasteiger partial charge >= 0.3 is 0 Å². The monoisotopic (exact) mass is 418 g/mol. The van der Waals surface area contributed by atoms with Gasteiger partial charge in [0.05, 0.1) is 0 Å². The highest BCUT2D eigenvalue weighted by atomic mass is 14.6. The molecular weight excluding hydrogens is 360 g/mol. The molecule has 0 N–H and O–H groups in total. The van der Waals surface area contributed by atoms with Crippen molar-refractivity contribution in [3.8, 4) is 0 Å². The van der Waals surface area contributed by atoms with E-state index in [1.165, 1.54) is 38.5 Å². The van der Waals surface area contributed by atoms with Crippen LogP contribution in [-0.4, -0.2) is 0 Å². The van der Waals surface area contributed by atoms with Crippen LogP contribution in [0.2, 0.25) is 0 Å². The van der Waals surface area contributed by atoms with Crippen molar-refractivity contribution in [3.63, 3.8) is 0 Å². The lowest BCUT2D eigenvalue weighted by molar-refractivity contribution is -0.111. The Kier molecular flexibility index (Phi) is 10.3. The molecule has 0 aromatic carbocycles. The van der Waals surface area contributed by atoms with Gasteiger partial charge in [0.25, 0.3) is 0 Å². The maximum absolute atomic E-state index is 2.73. The molecule has 178 valence electrons. The Labute approximate surface area is 191 Å². The van der Waals surface area contributed by atoms with Crippen molar-refractivity contribution in [2.45, 2.75) is 145 Å². The minimum atomic E-state index is 0.715. The summed E-state index contributed by atoms with van der Waals surface area (Å²) < 4.78 is 0. The van der Waals surface area contributed by atoms with Gasteiger partial charge in [-0.3, -0.25) is 0 Å². The first kappa shape index (κ1) is 26.3. The van der Waals surface area contributed by atoms with Crippen LogP contribution >= 0.6 is 0 Å². The molecule has 0 aromatic heterocycles.